The molecule has 0 amide bonds. The van der Waals surface area contributed by atoms with E-state index in [0.717, 1.165) is 17.3 Å². The molecule has 1 atom stereocenters. The minimum Gasteiger partial charge on any atom is -0.324 e. The summed E-state index contributed by atoms with van der Waals surface area (Å²) >= 11 is 7.17. The van der Waals surface area contributed by atoms with Crippen molar-refractivity contribution in [3.05, 3.63) is 32.2 Å². The second-order valence-corrected chi connectivity index (χ2v) is 6.65. The fourth-order valence-corrected chi connectivity index (χ4v) is 4.19. The Labute approximate surface area is 108 Å². The monoisotopic (exact) mass is 331 g/mol. The van der Waals surface area contributed by atoms with E-state index in [1.165, 1.54) is 15.6 Å². The molecule has 1 aliphatic rings. The molecule has 0 saturated heterocycles. The van der Waals surface area contributed by atoms with Gasteiger partial charge in [0.1, 0.15) is 0 Å². The lowest BCUT2D eigenvalue weighted by Crippen LogP contribution is -2.30. The van der Waals surface area contributed by atoms with Crippen molar-refractivity contribution in [2.45, 2.75) is 38.1 Å². The molecule has 0 fully saturated rings. The van der Waals surface area contributed by atoms with E-state index in [9.17, 15) is 0 Å². The zero-order valence-corrected chi connectivity index (χ0v) is 12.2. The Balaban J connectivity index is 2.67. The molecule has 0 aromatic heterocycles. The molecule has 0 spiro atoms. The van der Waals surface area contributed by atoms with E-state index >= 15 is 0 Å². The lowest BCUT2D eigenvalue weighted by molar-refractivity contribution is 0.394. The topological polar surface area (TPSA) is 26.0 Å². The van der Waals surface area contributed by atoms with Gasteiger partial charge in [0.05, 0.1) is 0 Å². The van der Waals surface area contributed by atoms with Crippen molar-refractivity contribution in [3.63, 3.8) is 0 Å². The van der Waals surface area contributed by atoms with Crippen molar-refractivity contribution in [1.82, 2.24) is 0 Å². The Hall–Kier alpha value is 0.140. The second kappa shape index (κ2) is 3.86. The third-order valence-corrected chi connectivity index (χ3v) is 4.33. The first-order valence-electron chi connectivity index (χ1n) is 5.17. The molecule has 1 aliphatic carbocycles. The largest absolute Gasteiger partial charge is 0.324 e. The first-order valence-corrected chi connectivity index (χ1v) is 6.75. The van der Waals surface area contributed by atoms with Crippen LogP contribution >= 0.6 is 31.9 Å². The van der Waals surface area contributed by atoms with Crippen LogP contribution in [0.25, 0.3) is 0 Å². The highest BCUT2D eigenvalue weighted by molar-refractivity contribution is 9.11. The molecule has 0 aliphatic heterocycles. The summed E-state index contributed by atoms with van der Waals surface area (Å²) in [6.45, 7) is 4.58. The molecule has 1 aromatic carbocycles. The zero-order chi connectivity index (χ0) is 11.2. The van der Waals surface area contributed by atoms with Crippen molar-refractivity contribution >= 4 is 31.9 Å². The molecule has 2 rings (SSSR count). The van der Waals surface area contributed by atoms with Crippen LogP contribution in [0.2, 0.25) is 0 Å². The summed E-state index contributed by atoms with van der Waals surface area (Å²) < 4.78 is 2.27. The summed E-state index contributed by atoms with van der Waals surface area (Å²) in [5.74, 6) is 0. The van der Waals surface area contributed by atoms with Crippen LogP contribution in [0.3, 0.4) is 0 Å². The smallest absolute Gasteiger partial charge is 0.0298 e. The highest BCUT2D eigenvalue weighted by Crippen LogP contribution is 2.45. The molecule has 2 N–H and O–H groups in total. The molecule has 1 unspecified atom stereocenters. The minimum absolute atomic E-state index is 0.182. The lowest BCUT2D eigenvalue weighted by Gasteiger charge is -2.36. The average molecular weight is 333 g/mol. The highest BCUT2D eigenvalue weighted by atomic mass is 79.9. The van der Waals surface area contributed by atoms with E-state index in [4.69, 9.17) is 5.73 Å². The van der Waals surface area contributed by atoms with Crippen molar-refractivity contribution in [1.29, 1.82) is 0 Å². The number of halogens is 2. The van der Waals surface area contributed by atoms with Crippen LogP contribution in [0.4, 0.5) is 0 Å². The predicted molar refractivity (Wildman–Crippen MR) is 71.0 cm³/mol. The molecule has 15 heavy (non-hydrogen) atoms. The summed E-state index contributed by atoms with van der Waals surface area (Å²) in [5, 5.41) is 0. The van der Waals surface area contributed by atoms with Crippen LogP contribution in [-0.2, 0) is 5.41 Å². The minimum atomic E-state index is 0.182. The maximum absolute atomic E-state index is 6.16. The molecule has 0 saturated carbocycles. The second-order valence-electron chi connectivity index (χ2n) is 4.88. The Kier molecular flexibility index (Phi) is 2.99. The number of benzene rings is 1. The fourth-order valence-electron chi connectivity index (χ4n) is 2.40. The van der Waals surface area contributed by atoms with Crippen LogP contribution in [-0.4, -0.2) is 0 Å². The SMILES string of the molecule is CC1(C)CCC(N)c2cc(Br)cc(Br)c21. The quantitative estimate of drug-likeness (QED) is 0.753. The van der Waals surface area contributed by atoms with E-state index in [1.807, 2.05) is 0 Å². The predicted octanol–water partition coefficient (Wildman–Crippen LogP) is 4.28. The molecular weight excluding hydrogens is 318 g/mol. The van der Waals surface area contributed by atoms with E-state index in [-0.39, 0.29) is 11.5 Å². The third kappa shape index (κ3) is 2.02. The third-order valence-electron chi connectivity index (χ3n) is 3.24. The van der Waals surface area contributed by atoms with Crippen molar-refractivity contribution in [2.24, 2.45) is 5.73 Å². The first kappa shape index (κ1) is 11.6. The summed E-state index contributed by atoms with van der Waals surface area (Å²) in [5.41, 5.74) is 9.05. The van der Waals surface area contributed by atoms with Crippen LogP contribution < -0.4 is 5.73 Å². The van der Waals surface area contributed by atoms with Gasteiger partial charge in [-0.2, -0.15) is 0 Å². The number of hydrogen-bond donors (Lipinski definition) is 1. The maximum atomic E-state index is 6.16. The Bertz CT molecular complexity index is 399. The van der Waals surface area contributed by atoms with Crippen LogP contribution in [0.5, 0.6) is 0 Å². The van der Waals surface area contributed by atoms with Gasteiger partial charge < -0.3 is 5.73 Å². The van der Waals surface area contributed by atoms with Gasteiger partial charge in [0.25, 0.3) is 0 Å². The van der Waals surface area contributed by atoms with Crippen molar-refractivity contribution in [2.75, 3.05) is 0 Å². The van der Waals surface area contributed by atoms with E-state index in [1.54, 1.807) is 0 Å². The van der Waals surface area contributed by atoms with Gasteiger partial charge in [-0.05, 0) is 41.5 Å². The molecule has 82 valence electrons. The summed E-state index contributed by atoms with van der Waals surface area (Å²) in [6.07, 6.45) is 2.23. The average Bonchev–Trinajstić information content (AvgIpc) is 2.10. The van der Waals surface area contributed by atoms with Crippen LogP contribution in [0.15, 0.2) is 21.1 Å². The number of hydrogen-bond acceptors (Lipinski definition) is 1. The van der Waals surface area contributed by atoms with Gasteiger partial charge in [-0.3, -0.25) is 0 Å². The molecule has 0 radical (unpaired) electrons. The van der Waals surface area contributed by atoms with Gasteiger partial charge in [0, 0.05) is 15.0 Å². The highest BCUT2D eigenvalue weighted by Gasteiger charge is 2.33. The Morgan fingerprint density at radius 3 is 2.67 bits per heavy atom. The summed E-state index contributed by atoms with van der Waals surface area (Å²) in [7, 11) is 0. The summed E-state index contributed by atoms with van der Waals surface area (Å²) in [6, 6.07) is 4.45. The van der Waals surface area contributed by atoms with Crippen LogP contribution in [0, 0.1) is 0 Å². The molecule has 1 nitrogen and oxygen atoms in total. The van der Waals surface area contributed by atoms with Gasteiger partial charge in [0.15, 0.2) is 0 Å². The van der Waals surface area contributed by atoms with Crippen LogP contribution in [0.1, 0.15) is 43.9 Å². The van der Waals surface area contributed by atoms with E-state index in [0.29, 0.717) is 0 Å². The maximum Gasteiger partial charge on any atom is 0.0298 e. The first-order chi connectivity index (χ1) is 6.92. The molecular formula is C12H15Br2N. The van der Waals surface area contributed by atoms with Crippen molar-refractivity contribution < 1.29 is 0 Å². The molecule has 3 heteroatoms. The van der Waals surface area contributed by atoms with E-state index in [2.05, 4.69) is 57.8 Å². The molecule has 0 heterocycles. The Morgan fingerprint density at radius 1 is 1.33 bits per heavy atom. The summed E-state index contributed by atoms with van der Waals surface area (Å²) in [4.78, 5) is 0. The standard InChI is InChI=1S/C12H15Br2N/c1-12(2)4-3-10(15)8-5-7(13)6-9(14)11(8)12/h5-6,10H,3-4,15H2,1-2H3. The van der Waals surface area contributed by atoms with Gasteiger partial charge in [-0.15, -0.1) is 0 Å². The number of fused-ring (bicyclic) bond motifs is 1. The van der Waals surface area contributed by atoms with Gasteiger partial charge >= 0.3 is 0 Å². The van der Waals surface area contributed by atoms with E-state index < -0.39 is 0 Å². The number of rotatable bonds is 0. The molecule has 1 aromatic rings. The van der Waals surface area contributed by atoms with Crippen molar-refractivity contribution in [3.8, 4) is 0 Å². The normalized spacial score (nSPS) is 23.7. The van der Waals surface area contributed by atoms with Gasteiger partial charge in [0.2, 0.25) is 0 Å². The zero-order valence-electron chi connectivity index (χ0n) is 8.98. The van der Waals surface area contributed by atoms with Gasteiger partial charge in [-0.25, -0.2) is 0 Å². The molecule has 0 bridgehead atoms. The van der Waals surface area contributed by atoms with Gasteiger partial charge in [-0.1, -0.05) is 45.7 Å². The number of nitrogens with two attached hydrogens (primary N) is 1. The fraction of sp³-hybridized carbons (Fsp3) is 0.500. The lowest BCUT2D eigenvalue weighted by atomic mass is 9.71. The Morgan fingerprint density at radius 2 is 2.00 bits per heavy atom.